The Morgan fingerprint density at radius 3 is 2.15 bits per heavy atom. The molecule has 0 heterocycles. The van der Waals surface area contributed by atoms with E-state index >= 15 is 0 Å². The number of rotatable bonds is 10. The summed E-state index contributed by atoms with van der Waals surface area (Å²) in [6, 6.07) is 18.7. The van der Waals surface area contributed by atoms with Gasteiger partial charge >= 0.3 is 5.97 Å². The monoisotopic (exact) mass is 450 g/mol. The van der Waals surface area contributed by atoms with E-state index in [1.807, 2.05) is 6.92 Å². The van der Waals surface area contributed by atoms with E-state index < -0.39 is 11.9 Å². The van der Waals surface area contributed by atoms with Crippen LogP contribution in [0.4, 0.5) is 4.39 Å². The van der Waals surface area contributed by atoms with Crippen LogP contribution in [0.15, 0.2) is 77.9 Å². The van der Waals surface area contributed by atoms with Crippen LogP contribution in [0.3, 0.4) is 0 Å². The maximum Gasteiger partial charge on any atom is 0.343 e. The van der Waals surface area contributed by atoms with Gasteiger partial charge in [-0.15, -0.1) is 0 Å². The Morgan fingerprint density at radius 2 is 1.48 bits per heavy atom. The van der Waals surface area contributed by atoms with E-state index in [2.05, 4.69) is 10.5 Å². The molecule has 170 valence electrons. The molecule has 0 atom stereocenters. The van der Waals surface area contributed by atoms with Crippen LogP contribution in [-0.2, 0) is 4.79 Å². The maximum absolute atomic E-state index is 12.8. The molecule has 0 aliphatic carbocycles. The Kier molecular flexibility index (Phi) is 8.53. The fourth-order valence-electron chi connectivity index (χ4n) is 2.59. The highest BCUT2D eigenvalue weighted by atomic mass is 19.1. The first-order valence-electron chi connectivity index (χ1n) is 10.3. The highest BCUT2D eigenvalue weighted by Crippen LogP contribution is 2.16. The van der Waals surface area contributed by atoms with Crippen LogP contribution < -0.4 is 19.6 Å². The molecule has 0 fully saturated rings. The second-order valence-electron chi connectivity index (χ2n) is 6.87. The van der Waals surface area contributed by atoms with E-state index in [1.54, 1.807) is 48.5 Å². The number of carbonyl (C=O) groups excluding carboxylic acids is 2. The third-order valence-corrected chi connectivity index (χ3v) is 4.24. The molecule has 0 radical (unpaired) electrons. The summed E-state index contributed by atoms with van der Waals surface area (Å²) in [6.07, 6.45) is 2.35. The van der Waals surface area contributed by atoms with Crippen LogP contribution in [0.1, 0.15) is 29.3 Å². The van der Waals surface area contributed by atoms with Gasteiger partial charge in [0.15, 0.2) is 6.61 Å². The maximum atomic E-state index is 12.8. The van der Waals surface area contributed by atoms with E-state index in [0.29, 0.717) is 35.0 Å². The third kappa shape index (κ3) is 7.77. The molecular formula is C25H23FN2O5. The van der Waals surface area contributed by atoms with Crippen molar-refractivity contribution >= 4 is 18.1 Å². The molecule has 8 heteroatoms. The van der Waals surface area contributed by atoms with Crippen molar-refractivity contribution in [1.82, 2.24) is 5.43 Å². The zero-order valence-corrected chi connectivity index (χ0v) is 18.0. The number of ether oxygens (including phenoxy) is 3. The quantitative estimate of drug-likeness (QED) is 0.215. The molecule has 3 aromatic rings. The standard InChI is InChI=1S/C25H23FN2O5/c1-2-15-31-21-11-5-19(6-12-21)25(30)33-23-9-3-18(4-10-23)16-27-28-24(29)17-32-22-13-7-20(26)8-14-22/h3-14,16H,2,15,17H2,1H3,(H,28,29). The summed E-state index contributed by atoms with van der Waals surface area (Å²) in [5, 5.41) is 3.85. The molecule has 0 bridgehead atoms. The van der Waals surface area contributed by atoms with Crippen LogP contribution in [0, 0.1) is 5.82 Å². The van der Waals surface area contributed by atoms with Gasteiger partial charge in [0, 0.05) is 0 Å². The van der Waals surface area contributed by atoms with Crippen molar-refractivity contribution < 1.29 is 28.2 Å². The van der Waals surface area contributed by atoms with Crippen molar-refractivity contribution in [3.63, 3.8) is 0 Å². The number of esters is 1. The van der Waals surface area contributed by atoms with Crippen molar-refractivity contribution in [3.8, 4) is 17.2 Å². The first-order valence-corrected chi connectivity index (χ1v) is 10.3. The third-order valence-electron chi connectivity index (χ3n) is 4.24. The average molecular weight is 450 g/mol. The van der Waals surface area contributed by atoms with Crippen LogP contribution >= 0.6 is 0 Å². The second-order valence-corrected chi connectivity index (χ2v) is 6.87. The van der Waals surface area contributed by atoms with E-state index in [-0.39, 0.29) is 12.4 Å². The van der Waals surface area contributed by atoms with Crippen molar-refractivity contribution in [2.45, 2.75) is 13.3 Å². The van der Waals surface area contributed by atoms with Crippen LogP contribution in [-0.4, -0.2) is 31.3 Å². The number of nitrogens with zero attached hydrogens (tertiary/aromatic N) is 1. The van der Waals surface area contributed by atoms with Gasteiger partial charge in [-0.25, -0.2) is 14.6 Å². The molecule has 1 N–H and O–H groups in total. The fraction of sp³-hybridized carbons (Fsp3) is 0.160. The van der Waals surface area contributed by atoms with Crippen molar-refractivity contribution in [1.29, 1.82) is 0 Å². The first-order chi connectivity index (χ1) is 16.0. The summed E-state index contributed by atoms with van der Waals surface area (Å²) in [4.78, 5) is 24.1. The zero-order valence-electron chi connectivity index (χ0n) is 18.0. The predicted molar refractivity (Wildman–Crippen MR) is 121 cm³/mol. The summed E-state index contributed by atoms with van der Waals surface area (Å²) in [5.41, 5.74) is 3.43. The number of hydrazone groups is 1. The summed E-state index contributed by atoms with van der Waals surface area (Å²) in [5.74, 6) is 0.121. The van der Waals surface area contributed by atoms with Gasteiger partial charge in [0.25, 0.3) is 5.91 Å². The average Bonchev–Trinajstić information content (AvgIpc) is 2.84. The smallest absolute Gasteiger partial charge is 0.343 e. The molecule has 33 heavy (non-hydrogen) atoms. The molecule has 0 aromatic heterocycles. The Labute approximate surface area is 190 Å². The lowest BCUT2D eigenvalue weighted by molar-refractivity contribution is -0.123. The number of carbonyl (C=O) groups is 2. The van der Waals surface area contributed by atoms with E-state index in [1.165, 1.54) is 30.5 Å². The van der Waals surface area contributed by atoms with Gasteiger partial charge in [-0.05, 0) is 84.8 Å². The molecular weight excluding hydrogens is 427 g/mol. The molecule has 3 aromatic carbocycles. The number of halogens is 1. The number of hydrogen-bond acceptors (Lipinski definition) is 6. The second kappa shape index (κ2) is 12.0. The lowest BCUT2D eigenvalue weighted by Gasteiger charge is -2.07. The summed E-state index contributed by atoms with van der Waals surface area (Å²) in [7, 11) is 0. The number of nitrogens with one attached hydrogen (secondary N) is 1. The molecule has 1 amide bonds. The fourth-order valence-corrected chi connectivity index (χ4v) is 2.59. The number of hydrogen-bond donors (Lipinski definition) is 1. The predicted octanol–water partition coefficient (Wildman–Crippen LogP) is 4.36. The Bertz CT molecular complexity index is 1080. The van der Waals surface area contributed by atoms with Gasteiger partial charge in [0.2, 0.25) is 0 Å². The van der Waals surface area contributed by atoms with E-state index in [0.717, 1.165) is 6.42 Å². The SMILES string of the molecule is CCCOc1ccc(C(=O)Oc2ccc(C=NNC(=O)COc3ccc(F)cc3)cc2)cc1. The highest BCUT2D eigenvalue weighted by Gasteiger charge is 2.09. The molecule has 0 unspecified atom stereocenters. The molecule has 0 aliphatic heterocycles. The Morgan fingerprint density at radius 1 is 0.879 bits per heavy atom. The molecule has 0 saturated heterocycles. The minimum Gasteiger partial charge on any atom is -0.494 e. The molecule has 0 aliphatic rings. The van der Waals surface area contributed by atoms with Crippen molar-refractivity contribution in [2.24, 2.45) is 5.10 Å². The van der Waals surface area contributed by atoms with E-state index in [9.17, 15) is 14.0 Å². The van der Waals surface area contributed by atoms with Gasteiger partial charge in [0.05, 0.1) is 18.4 Å². The largest absolute Gasteiger partial charge is 0.494 e. The summed E-state index contributed by atoms with van der Waals surface area (Å²) < 4.78 is 28.9. The molecule has 0 spiro atoms. The van der Waals surface area contributed by atoms with E-state index in [4.69, 9.17) is 14.2 Å². The first kappa shape index (κ1) is 23.5. The summed E-state index contributed by atoms with van der Waals surface area (Å²) in [6.45, 7) is 2.38. The molecule has 0 saturated carbocycles. The van der Waals surface area contributed by atoms with Gasteiger partial charge in [-0.3, -0.25) is 4.79 Å². The minimum absolute atomic E-state index is 0.260. The Balaban J connectivity index is 1.44. The number of benzene rings is 3. The minimum atomic E-state index is -0.480. The van der Waals surface area contributed by atoms with Crippen molar-refractivity contribution in [3.05, 3.63) is 89.7 Å². The lowest BCUT2D eigenvalue weighted by Crippen LogP contribution is -2.24. The van der Waals surface area contributed by atoms with Gasteiger partial charge in [-0.2, -0.15) is 5.10 Å². The van der Waals surface area contributed by atoms with Crippen LogP contribution in [0.2, 0.25) is 0 Å². The van der Waals surface area contributed by atoms with Crippen LogP contribution in [0.5, 0.6) is 17.2 Å². The topological polar surface area (TPSA) is 86.2 Å². The van der Waals surface area contributed by atoms with Crippen molar-refractivity contribution in [2.75, 3.05) is 13.2 Å². The Hall–Kier alpha value is -4.20. The number of amides is 1. The molecule has 7 nitrogen and oxygen atoms in total. The van der Waals surface area contributed by atoms with Gasteiger partial charge in [0.1, 0.15) is 23.1 Å². The molecule has 3 rings (SSSR count). The highest BCUT2D eigenvalue weighted by molar-refractivity contribution is 5.91. The normalized spacial score (nSPS) is 10.6. The summed E-state index contributed by atoms with van der Waals surface area (Å²) >= 11 is 0. The lowest BCUT2D eigenvalue weighted by atomic mass is 10.2. The van der Waals surface area contributed by atoms with Gasteiger partial charge in [-0.1, -0.05) is 6.92 Å². The van der Waals surface area contributed by atoms with Crippen LogP contribution in [0.25, 0.3) is 0 Å². The zero-order chi connectivity index (χ0) is 23.5. The van der Waals surface area contributed by atoms with Gasteiger partial charge < -0.3 is 14.2 Å².